The molecule has 2 N–H and O–H groups in total. The predicted molar refractivity (Wildman–Crippen MR) is 52.5 cm³/mol. The van der Waals surface area contributed by atoms with Crippen LogP contribution in [-0.4, -0.2) is 16.2 Å². The molecule has 0 atom stereocenters. The van der Waals surface area contributed by atoms with E-state index >= 15 is 0 Å². The van der Waals surface area contributed by atoms with E-state index in [2.05, 4.69) is 15.7 Å². The number of hydrogen-bond donors (Lipinski definition) is 2. The molecule has 0 aliphatic rings. The molecule has 1 rings (SSSR count). The van der Waals surface area contributed by atoms with Crippen LogP contribution in [0.15, 0.2) is 6.07 Å². The van der Waals surface area contributed by atoms with Crippen LogP contribution in [-0.2, 0) is 9.63 Å². The van der Waals surface area contributed by atoms with E-state index in [0.29, 0.717) is 5.82 Å². The molecule has 1 aromatic rings. The van der Waals surface area contributed by atoms with Crippen molar-refractivity contribution < 1.29 is 9.63 Å². The zero-order valence-corrected chi connectivity index (χ0v) is 8.84. The molecule has 0 aliphatic heterocycles. The first kappa shape index (κ1) is 10.6. The van der Waals surface area contributed by atoms with Crippen LogP contribution in [0.1, 0.15) is 26.5 Å². The SMILES string of the molecule is Cc1cc(NOC(=O)C(C)(C)C)n[nH]1. The zero-order valence-electron chi connectivity index (χ0n) is 8.84. The third-order valence-electron chi connectivity index (χ3n) is 1.57. The maximum Gasteiger partial charge on any atom is 0.337 e. The first-order valence-electron chi connectivity index (χ1n) is 4.39. The van der Waals surface area contributed by atoms with E-state index in [4.69, 9.17) is 4.84 Å². The smallest absolute Gasteiger partial charge is 0.337 e. The molecule has 0 saturated heterocycles. The van der Waals surface area contributed by atoms with Gasteiger partial charge in [-0.25, -0.2) is 4.79 Å². The van der Waals surface area contributed by atoms with E-state index in [1.165, 1.54) is 0 Å². The third kappa shape index (κ3) is 2.76. The van der Waals surface area contributed by atoms with E-state index in [0.717, 1.165) is 5.69 Å². The number of carbonyl (C=O) groups is 1. The molecule has 0 saturated carbocycles. The molecule has 5 heteroatoms. The fourth-order valence-corrected chi connectivity index (χ4v) is 0.722. The van der Waals surface area contributed by atoms with Crippen LogP contribution in [0, 0.1) is 12.3 Å². The molecule has 1 aromatic heterocycles. The van der Waals surface area contributed by atoms with Crippen LogP contribution >= 0.6 is 0 Å². The zero-order chi connectivity index (χ0) is 10.8. The second-order valence-electron chi connectivity index (χ2n) is 4.18. The number of aromatic nitrogens is 2. The van der Waals surface area contributed by atoms with Crippen LogP contribution in [0.3, 0.4) is 0 Å². The summed E-state index contributed by atoms with van der Waals surface area (Å²) in [5, 5.41) is 6.58. The summed E-state index contributed by atoms with van der Waals surface area (Å²) in [7, 11) is 0. The molecule has 0 bridgehead atoms. The highest BCUT2D eigenvalue weighted by atomic mass is 16.7. The standard InChI is InChI=1S/C9H15N3O2/c1-6-5-7(11-10-6)12-14-8(13)9(2,3)4/h5H,1-4H3,(H2,10,11,12). The molecule has 0 fully saturated rings. The molecule has 0 unspecified atom stereocenters. The Morgan fingerprint density at radius 2 is 2.21 bits per heavy atom. The Morgan fingerprint density at radius 1 is 1.57 bits per heavy atom. The lowest BCUT2D eigenvalue weighted by atomic mass is 9.98. The van der Waals surface area contributed by atoms with Gasteiger partial charge in [-0.05, 0) is 27.7 Å². The van der Waals surface area contributed by atoms with E-state index in [1.54, 1.807) is 26.8 Å². The number of aryl methyl sites for hydroxylation is 1. The maximum atomic E-state index is 11.3. The molecule has 5 nitrogen and oxygen atoms in total. The first-order valence-corrected chi connectivity index (χ1v) is 4.39. The minimum atomic E-state index is -0.516. The molecule has 0 spiro atoms. The summed E-state index contributed by atoms with van der Waals surface area (Å²) in [5.74, 6) is 0.179. The molecule has 14 heavy (non-hydrogen) atoms. The van der Waals surface area contributed by atoms with Gasteiger partial charge in [-0.3, -0.25) is 5.10 Å². The summed E-state index contributed by atoms with van der Waals surface area (Å²) in [6, 6.07) is 1.75. The van der Waals surface area contributed by atoms with Gasteiger partial charge in [0.15, 0.2) is 5.82 Å². The highest BCUT2D eigenvalue weighted by Crippen LogP contribution is 2.15. The Bertz CT molecular complexity index is 325. The van der Waals surface area contributed by atoms with Gasteiger partial charge in [-0.15, -0.1) is 0 Å². The minimum absolute atomic E-state index is 0.321. The quantitative estimate of drug-likeness (QED) is 0.707. The molecule has 78 valence electrons. The van der Waals surface area contributed by atoms with Crippen molar-refractivity contribution >= 4 is 11.8 Å². The number of H-pyrrole nitrogens is 1. The molecule has 0 aromatic carbocycles. The van der Waals surface area contributed by atoms with E-state index < -0.39 is 5.41 Å². The average Bonchev–Trinajstić information content (AvgIpc) is 2.45. The maximum absolute atomic E-state index is 11.3. The summed E-state index contributed by atoms with van der Waals surface area (Å²) in [4.78, 5) is 16.2. The van der Waals surface area contributed by atoms with Gasteiger partial charge in [-0.1, -0.05) is 0 Å². The van der Waals surface area contributed by atoms with Crippen LogP contribution in [0.25, 0.3) is 0 Å². The Hall–Kier alpha value is -1.52. The Morgan fingerprint density at radius 3 is 2.64 bits per heavy atom. The summed E-state index contributed by atoms with van der Waals surface area (Å²) < 4.78 is 0. The summed E-state index contributed by atoms with van der Waals surface area (Å²) in [5.41, 5.74) is 2.87. The van der Waals surface area contributed by atoms with Gasteiger partial charge in [-0.2, -0.15) is 10.6 Å². The molecule has 0 amide bonds. The highest BCUT2D eigenvalue weighted by Gasteiger charge is 2.23. The van der Waals surface area contributed by atoms with Crippen molar-refractivity contribution in [2.75, 3.05) is 5.48 Å². The monoisotopic (exact) mass is 197 g/mol. The first-order chi connectivity index (χ1) is 6.39. The Kier molecular flexibility index (Phi) is 2.78. The third-order valence-corrected chi connectivity index (χ3v) is 1.57. The molecular formula is C9H15N3O2. The summed E-state index contributed by atoms with van der Waals surface area (Å²) in [6.45, 7) is 7.22. The molecule has 0 aliphatic carbocycles. The van der Waals surface area contributed by atoms with Gasteiger partial charge < -0.3 is 4.84 Å². The number of aromatic amines is 1. The summed E-state index contributed by atoms with van der Waals surface area (Å²) >= 11 is 0. The Balaban J connectivity index is 2.46. The number of nitrogens with one attached hydrogen (secondary N) is 2. The van der Waals surface area contributed by atoms with Gasteiger partial charge in [0.05, 0.1) is 5.41 Å². The highest BCUT2D eigenvalue weighted by molar-refractivity contribution is 5.76. The van der Waals surface area contributed by atoms with Crippen LogP contribution in [0.5, 0.6) is 0 Å². The predicted octanol–water partition coefficient (Wildman–Crippen LogP) is 1.63. The number of carbonyl (C=O) groups excluding carboxylic acids is 1. The molecular weight excluding hydrogens is 182 g/mol. The Labute approximate surface area is 82.8 Å². The lowest BCUT2D eigenvalue weighted by Gasteiger charge is -2.15. The van der Waals surface area contributed by atoms with Crippen molar-refractivity contribution in [3.63, 3.8) is 0 Å². The van der Waals surface area contributed by atoms with Gasteiger partial charge >= 0.3 is 5.97 Å². The van der Waals surface area contributed by atoms with Crippen LogP contribution < -0.4 is 5.48 Å². The van der Waals surface area contributed by atoms with Gasteiger partial charge in [0.25, 0.3) is 0 Å². The van der Waals surface area contributed by atoms with Gasteiger partial charge in [0, 0.05) is 11.8 Å². The lowest BCUT2D eigenvalue weighted by Crippen LogP contribution is -2.25. The van der Waals surface area contributed by atoms with Gasteiger partial charge in [0.1, 0.15) is 0 Å². The van der Waals surface area contributed by atoms with E-state index in [-0.39, 0.29) is 5.97 Å². The van der Waals surface area contributed by atoms with Crippen LogP contribution in [0.4, 0.5) is 5.82 Å². The van der Waals surface area contributed by atoms with Crippen LogP contribution in [0.2, 0.25) is 0 Å². The fraction of sp³-hybridized carbons (Fsp3) is 0.556. The second kappa shape index (κ2) is 3.69. The van der Waals surface area contributed by atoms with Crippen molar-refractivity contribution in [1.82, 2.24) is 10.2 Å². The number of hydrogen-bond acceptors (Lipinski definition) is 4. The number of nitrogens with zero attached hydrogens (tertiary/aromatic N) is 1. The van der Waals surface area contributed by atoms with Crippen molar-refractivity contribution in [2.45, 2.75) is 27.7 Å². The van der Waals surface area contributed by atoms with Crippen molar-refractivity contribution in [3.05, 3.63) is 11.8 Å². The van der Waals surface area contributed by atoms with Gasteiger partial charge in [0.2, 0.25) is 0 Å². The topological polar surface area (TPSA) is 67.0 Å². The normalized spacial score (nSPS) is 11.1. The average molecular weight is 197 g/mol. The van der Waals surface area contributed by atoms with Crippen molar-refractivity contribution in [1.29, 1.82) is 0 Å². The molecule has 1 heterocycles. The largest absolute Gasteiger partial charge is 0.341 e. The molecule has 0 radical (unpaired) electrons. The second-order valence-corrected chi connectivity index (χ2v) is 4.18. The summed E-state index contributed by atoms with van der Waals surface area (Å²) in [6.07, 6.45) is 0. The number of anilines is 1. The van der Waals surface area contributed by atoms with E-state index in [9.17, 15) is 4.79 Å². The van der Waals surface area contributed by atoms with E-state index in [1.807, 2.05) is 6.92 Å². The lowest BCUT2D eigenvalue weighted by molar-refractivity contribution is -0.149. The fourth-order valence-electron chi connectivity index (χ4n) is 0.722. The van der Waals surface area contributed by atoms with Crippen molar-refractivity contribution in [3.8, 4) is 0 Å². The number of rotatable bonds is 2. The van der Waals surface area contributed by atoms with Crippen molar-refractivity contribution in [2.24, 2.45) is 5.41 Å². The minimum Gasteiger partial charge on any atom is -0.341 e.